The molecule has 0 fully saturated rings. The van der Waals surface area contributed by atoms with Crippen LogP contribution in [0.4, 0.5) is 0 Å². The molecule has 0 spiro atoms. The first-order chi connectivity index (χ1) is 1.73. The van der Waals surface area contributed by atoms with Gasteiger partial charge in [-0.2, -0.15) is 0 Å². The average Bonchev–Trinajstić information content (AvgIpc) is 0.811. The molecule has 0 unspecified atom stereocenters. The molecule has 0 heterocycles. The lowest BCUT2D eigenvalue weighted by Gasteiger charge is -1.73. The van der Waals surface area contributed by atoms with E-state index in [2.05, 4.69) is 23.2 Å². The number of aliphatic hydroxyl groups excluding tert-OH is 1. The molecule has 0 aromatic rings. The largest absolute Gasteiger partial charge is 0.412 e. The molecule has 0 saturated carbocycles. The van der Waals surface area contributed by atoms with Gasteiger partial charge >= 0.3 is 0 Å². The van der Waals surface area contributed by atoms with Gasteiger partial charge in [0, 0.05) is 0 Å². The van der Waals surface area contributed by atoms with Gasteiger partial charge in [0.2, 0.25) is 5.02 Å². The van der Waals surface area contributed by atoms with Crippen molar-refractivity contribution in [2.75, 3.05) is 0 Å². The highest BCUT2D eigenvalue weighted by Gasteiger charge is 1.76. The van der Waals surface area contributed by atoms with Crippen molar-refractivity contribution in [3.05, 3.63) is 0 Å². The number of aliphatic hydroxyl groups is 1. The minimum atomic E-state index is -1.22. The van der Waals surface area contributed by atoms with Crippen LogP contribution in [0.15, 0.2) is 0 Å². The molecule has 0 atom stereocenters. The van der Waals surface area contributed by atoms with E-state index in [0.29, 0.717) is 0 Å². The number of hydrogen-bond acceptors (Lipinski definition) is 1. The molecule has 0 radical (unpaired) electrons. The van der Waals surface area contributed by atoms with E-state index in [-0.39, 0.29) is 43.8 Å². The zero-order chi connectivity index (χ0) is 3.58. The summed E-state index contributed by atoms with van der Waals surface area (Å²) in [6.07, 6.45) is 0. The highest BCUT2D eigenvalue weighted by Crippen LogP contribution is 1.90. The van der Waals surface area contributed by atoms with Crippen molar-refractivity contribution < 1.29 is 48.9 Å². The van der Waals surface area contributed by atoms with Gasteiger partial charge in [0.15, 0.2) is 0 Å². The van der Waals surface area contributed by atoms with Crippen LogP contribution in [0.2, 0.25) is 0 Å². The molecule has 0 saturated heterocycles. The topological polar surface area (TPSA) is 272 Å². The van der Waals surface area contributed by atoms with Gasteiger partial charge in [0.05, 0.1) is 0 Å². The van der Waals surface area contributed by atoms with E-state index in [1.165, 1.54) is 0 Å². The molecule has 0 aliphatic rings. The maximum Gasteiger partial charge on any atom is 0.204 e. The van der Waals surface area contributed by atoms with E-state index in [0.717, 1.165) is 0 Å². The van der Waals surface area contributed by atoms with Crippen LogP contribution in [0.5, 0.6) is 0 Å². The van der Waals surface area contributed by atoms with Gasteiger partial charge in [-0.3, -0.25) is 0 Å². The van der Waals surface area contributed by atoms with Gasteiger partial charge in [-0.1, -0.05) is 23.2 Å². The molecule has 0 aromatic carbocycles. The smallest absolute Gasteiger partial charge is 0.204 e. The van der Waals surface area contributed by atoms with Crippen LogP contribution in [-0.4, -0.2) is 53.9 Å². The molecular formula is CH18Cl2O9. The summed E-state index contributed by atoms with van der Waals surface area (Å²) in [6.45, 7) is 0. The summed E-state index contributed by atoms with van der Waals surface area (Å²) < 4.78 is 0. The molecule has 17 N–H and O–H groups in total. The Morgan fingerprint density at radius 1 is 0.583 bits per heavy atom. The molecule has 9 nitrogen and oxygen atoms in total. The van der Waals surface area contributed by atoms with Gasteiger partial charge in [-0.25, -0.2) is 0 Å². The van der Waals surface area contributed by atoms with Crippen LogP contribution in [-0.2, 0) is 0 Å². The molecule has 0 bridgehead atoms. The van der Waals surface area contributed by atoms with Crippen molar-refractivity contribution in [2.24, 2.45) is 0 Å². The third-order valence-corrected chi connectivity index (χ3v) is 0. The summed E-state index contributed by atoms with van der Waals surface area (Å²) in [6, 6.07) is 0. The van der Waals surface area contributed by atoms with Crippen molar-refractivity contribution in [1.29, 1.82) is 0 Å². The molecule has 0 rings (SSSR count). The molecule has 0 aromatic heterocycles. The number of rotatable bonds is 0. The van der Waals surface area contributed by atoms with Crippen LogP contribution in [0.1, 0.15) is 0 Å². The van der Waals surface area contributed by atoms with Gasteiger partial charge < -0.3 is 48.9 Å². The first-order valence-corrected chi connectivity index (χ1v) is 1.57. The fraction of sp³-hybridized carbons (Fsp3) is 1.00. The van der Waals surface area contributed by atoms with Crippen LogP contribution in [0, 0.1) is 0 Å². The first-order valence-electron chi connectivity index (χ1n) is 0.695. The Labute approximate surface area is 78.0 Å². The Morgan fingerprint density at radius 2 is 0.583 bits per heavy atom. The van der Waals surface area contributed by atoms with Crippen molar-refractivity contribution >= 4 is 23.2 Å². The van der Waals surface area contributed by atoms with Crippen LogP contribution in [0.25, 0.3) is 0 Å². The summed E-state index contributed by atoms with van der Waals surface area (Å²) in [4.78, 5) is 0. The van der Waals surface area contributed by atoms with Crippen LogP contribution < -0.4 is 0 Å². The van der Waals surface area contributed by atoms with Gasteiger partial charge in [-0.15, -0.1) is 0 Å². The summed E-state index contributed by atoms with van der Waals surface area (Å²) >= 11 is 9.19. The minimum Gasteiger partial charge on any atom is -0.412 e. The van der Waals surface area contributed by atoms with Crippen molar-refractivity contribution in [2.45, 2.75) is 5.02 Å². The van der Waals surface area contributed by atoms with Crippen LogP contribution in [0.3, 0.4) is 0 Å². The Balaban J connectivity index is -0.00000000161. The third kappa shape index (κ3) is 18000. The summed E-state index contributed by atoms with van der Waals surface area (Å²) in [5.41, 5.74) is 0. The molecule has 90 valence electrons. The standard InChI is InChI=1S/CH2Cl2O.8H2O/c2-1(3)4;;;;;;;;/h1,4H;8*1H2. The number of halogens is 2. The lowest BCUT2D eigenvalue weighted by molar-refractivity contribution is 0.333. The average molecular weight is 245 g/mol. The van der Waals surface area contributed by atoms with Crippen molar-refractivity contribution in [3.63, 3.8) is 0 Å². The van der Waals surface area contributed by atoms with Crippen LogP contribution >= 0.6 is 23.2 Å². The van der Waals surface area contributed by atoms with Gasteiger partial charge in [0.25, 0.3) is 0 Å². The van der Waals surface area contributed by atoms with Gasteiger partial charge in [-0.05, 0) is 0 Å². The number of hydrogen-bond donors (Lipinski definition) is 1. The monoisotopic (exact) mass is 244 g/mol. The molecule has 12 heavy (non-hydrogen) atoms. The highest BCUT2D eigenvalue weighted by molar-refractivity contribution is 6.42. The lowest BCUT2D eigenvalue weighted by Crippen LogP contribution is -1.73. The molecule has 11 heteroatoms. The van der Waals surface area contributed by atoms with E-state index in [4.69, 9.17) is 5.11 Å². The quantitative estimate of drug-likeness (QED) is 0.400. The summed E-state index contributed by atoms with van der Waals surface area (Å²) in [5, 5.41) is 6.36. The fourth-order valence-electron chi connectivity index (χ4n) is 0. The normalized spacial score (nSPS) is 3.00. The van der Waals surface area contributed by atoms with E-state index < -0.39 is 5.02 Å². The van der Waals surface area contributed by atoms with Gasteiger partial charge in [0.1, 0.15) is 0 Å². The SMILES string of the molecule is O.O.O.O.O.O.O.O.OC(Cl)Cl. The summed E-state index contributed by atoms with van der Waals surface area (Å²) in [7, 11) is 0. The zero-order valence-electron chi connectivity index (χ0n) is 5.78. The van der Waals surface area contributed by atoms with Crippen molar-refractivity contribution in [3.8, 4) is 0 Å². The Hall–Kier alpha value is 0.220. The predicted molar refractivity (Wildman–Crippen MR) is 46.6 cm³/mol. The second kappa shape index (κ2) is 113. The predicted octanol–water partition coefficient (Wildman–Crippen LogP) is -5.86. The van der Waals surface area contributed by atoms with E-state index >= 15 is 0 Å². The van der Waals surface area contributed by atoms with E-state index in [9.17, 15) is 0 Å². The molecule has 0 aliphatic heterocycles. The fourth-order valence-corrected chi connectivity index (χ4v) is 0. The van der Waals surface area contributed by atoms with E-state index in [1.54, 1.807) is 0 Å². The minimum absolute atomic E-state index is 0. The molecule has 0 aliphatic carbocycles. The first kappa shape index (κ1) is 148. The van der Waals surface area contributed by atoms with Crippen molar-refractivity contribution in [1.82, 2.24) is 0 Å². The summed E-state index contributed by atoms with van der Waals surface area (Å²) in [5.74, 6) is 0. The maximum atomic E-state index is 7.59. The Bertz CT molecular complexity index is 17.2. The Kier molecular flexibility index (Phi) is 1400. The zero-order valence-corrected chi connectivity index (χ0v) is 7.29. The van der Waals surface area contributed by atoms with E-state index in [1.807, 2.05) is 0 Å². The lowest BCUT2D eigenvalue weighted by atomic mass is 11.7. The Morgan fingerprint density at radius 3 is 0.583 bits per heavy atom. The molecular weight excluding hydrogens is 227 g/mol. The molecule has 0 amide bonds. The maximum absolute atomic E-state index is 7.59. The highest BCUT2D eigenvalue weighted by atomic mass is 35.5. The number of alkyl halides is 2. The second-order valence-electron chi connectivity index (χ2n) is 0.278. The third-order valence-electron chi connectivity index (χ3n) is 0. The second-order valence-corrected chi connectivity index (χ2v) is 1.33.